The molecule has 9 nitrogen and oxygen atoms in total. The summed E-state index contributed by atoms with van der Waals surface area (Å²) in [5, 5.41) is 6.93. The Kier molecular flexibility index (Phi) is 6.81. The van der Waals surface area contributed by atoms with Gasteiger partial charge in [0.25, 0.3) is 0 Å². The van der Waals surface area contributed by atoms with Gasteiger partial charge in [-0.1, -0.05) is 31.7 Å². The number of nitrogens with zero attached hydrogens (tertiary/aromatic N) is 6. The van der Waals surface area contributed by atoms with Gasteiger partial charge in [-0.3, -0.25) is 9.78 Å². The molecule has 4 aromatic rings. The maximum absolute atomic E-state index is 11.7. The molecule has 36 heavy (non-hydrogen) atoms. The first-order chi connectivity index (χ1) is 17.6. The Bertz CT molecular complexity index is 1380. The smallest absolute Gasteiger partial charge is 0.247 e. The largest absolute Gasteiger partial charge is 0.354 e. The molecule has 0 spiro atoms. The number of piperazine rings is 1. The summed E-state index contributed by atoms with van der Waals surface area (Å²) in [7, 11) is 0. The van der Waals surface area contributed by atoms with Crippen LogP contribution in [0.1, 0.15) is 6.92 Å². The van der Waals surface area contributed by atoms with Crippen LogP contribution in [0.2, 0.25) is 0 Å². The van der Waals surface area contributed by atoms with Gasteiger partial charge in [-0.25, -0.2) is 15.0 Å². The zero-order valence-electron chi connectivity index (χ0n) is 20.2. The van der Waals surface area contributed by atoms with Crippen molar-refractivity contribution in [3.63, 3.8) is 0 Å². The first-order valence-electron chi connectivity index (χ1n) is 12.0. The van der Waals surface area contributed by atoms with Gasteiger partial charge in [0.1, 0.15) is 5.82 Å². The van der Waals surface area contributed by atoms with Crippen LogP contribution in [0.15, 0.2) is 73.7 Å². The van der Waals surface area contributed by atoms with Crippen LogP contribution in [-0.4, -0.2) is 63.5 Å². The number of carbonyl (C=O) groups is 1. The molecule has 2 N–H and O–H groups in total. The van der Waals surface area contributed by atoms with Gasteiger partial charge in [-0.2, -0.15) is 0 Å². The van der Waals surface area contributed by atoms with E-state index in [4.69, 9.17) is 4.98 Å². The molecule has 1 saturated heterocycles. The van der Waals surface area contributed by atoms with E-state index >= 15 is 0 Å². The van der Waals surface area contributed by atoms with Crippen LogP contribution >= 0.6 is 0 Å². The molecule has 1 aliphatic rings. The lowest BCUT2D eigenvalue weighted by molar-refractivity contribution is -0.111. The third kappa shape index (κ3) is 5.16. The van der Waals surface area contributed by atoms with Crippen LogP contribution in [-0.2, 0) is 4.79 Å². The summed E-state index contributed by atoms with van der Waals surface area (Å²) >= 11 is 0. The van der Waals surface area contributed by atoms with E-state index < -0.39 is 0 Å². The number of nitrogens with one attached hydrogen (secondary N) is 2. The molecule has 0 bridgehead atoms. The van der Waals surface area contributed by atoms with Crippen LogP contribution in [0.5, 0.6) is 0 Å². The fraction of sp³-hybridized carbons (Fsp3) is 0.222. The summed E-state index contributed by atoms with van der Waals surface area (Å²) in [4.78, 5) is 34.9. The lowest BCUT2D eigenvalue weighted by atomic mass is 10.1. The number of amides is 1. The number of hydrogen-bond donors (Lipinski definition) is 2. The van der Waals surface area contributed by atoms with E-state index in [1.165, 1.54) is 6.08 Å². The standard InChI is InChI=1S/C27H28N8O/c1-3-25(36)31-20-10-11-28-23(16-20)22-7-5-6-19-17-30-27(33-26(19)22)32-21-8-9-24(29-18-21)35-14-12-34(4-2)13-15-35/h3,5-11,16-18H,1,4,12-15H2,2H3,(H,28,31,36)(H,30,32,33). The summed E-state index contributed by atoms with van der Waals surface area (Å²) < 4.78 is 0. The normalized spacial score (nSPS) is 14.0. The van der Waals surface area contributed by atoms with Gasteiger partial charge in [0.15, 0.2) is 0 Å². The van der Waals surface area contributed by atoms with Crippen molar-refractivity contribution in [3.8, 4) is 11.3 Å². The average molecular weight is 481 g/mol. The third-order valence-electron chi connectivity index (χ3n) is 6.25. The maximum atomic E-state index is 11.7. The Morgan fingerprint density at radius 1 is 1.03 bits per heavy atom. The van der Waals surface area contributed by atoms with E-state index in [2.05, 4.69) is 48.9 Å². The van der Waals surface area contributed by atoms with Crippen LogP contribution in [0, 0.1) is 0 Å². The van der Waals surface area contributed by atoms with Gasteiger partial charge in [0.05, 0.1) is 23.1 Å². The van der Waals surface area contributed by atoms with E-state index in [0.717, 1.165) is 60.7 Å². The van der Waals surface area contributed by atoms with Gasteiger partial charge >= 0.3 is 0 Å². The molecule has 0 unspecified atom stereocenters. The van der Waals surface area contributed by atoms with Gasteiger partial charge in [0, 0.05) is 55.2 Å². The number of benzene rings is 1. The lowest BCUT2D eigenvalue weighted by Gasteiger charge is -2.34. The molecular weight excluding hydrogens is 452 g/mol. The molecule has 5 rings (SSSR count). The summed E-state index contributed by atoms with van der Waals surface area (Å²) in [6, 6.07) is 13.4. The molecule has 1 amide bonds. The van der Waals surface area contributed by atoms with Gasteiger partial charge < -0.3 is 20.4 Å². The number of carbonyl (C=O) groups excluding carboxylic acids is 1. The first kappa shape index (κ1) is 23.4. The molecule has 1 aromatic carbocycles. The lowest BCUT2D eigenvalue weighted by Crippen LogP contribution is -2.46. The second-order valence-corrected chi connectivity index (χ2v) is 8.51. The molecule has 182 valence electrons. The van der Waals surface area contributed by atoms with Gasteiger partial charge in [-0.15, -0.1) is 0 Å². The number of hydrogen-bond acceptors (Lipinski definition) is 8. The zero-order chi connectivity index (χ0) is 24.9. The summed E-state index contributed by atoms with van der Waals surface area (Å²) in [6.07, 6.45) is 6.49. The van der Waals surface area contributed by atoms with Crippen molar-refractivity contribution >= 4 is 40.0 Å². The quantitative estimate of drug-likeness (QED) is 0.382. The van der Waals surface area contributed by atoms with Gasteiger partial charge in [-0.05, 0) is 36.9 Å². The number of pyridine rings is 2. The molecule has 1 aliphatic heterocycles. The van der Waals surface area contributed by atoms with Crippen molar-refractivity contribution in [1.29, 1.82) is 0 Å². The van der Waals surface area contributed by atoms with Crippen molar-refractivity contribution in [2.24, 2.45) is 0 Å². The van der Waals surface area contributed by atoms with E-state index in [9.17, 15) is 4.79 Å². The zero-order valence-corrected chi connectivity index (χ0v) is 20.2. The van der Waals surface area contributed by atoms with Crippen LogP contribution in [0.25, 0.3) is 22.2 Å². The maximum Gasteiger partial charge on any atom is 0.247 e. The Labute approximate surface area is 209 Å². The number of aromatic nitrogens is 4. The number of rotatable bonds is 7. The van der Waals surface area contributed by atoms with Crippen molar-refractivity contribution in [2.45, 2.75) is 6.92 Å². The van der Waals surface area contributed by atoms with Crippen molar-refractivity contribution < 1.29 is 4.79 Å². The highest BCUT2D eigenvalue weighted by atomic mass is 16.1. The third-order valence-corrected chi connectivity index (χ3v) is 6.25. The van der Waals surface area contributed by atoms with E-state index in [1.807, 2.05) is 42.6 Å². The predicted molar refractivity (Wildman–Crippen MR) is 143 cm³/mol. The number of fused-ring (bicyclic) bond motifs is 1. The highest BCUT2D eigenvalue weighted by Gasteiger charge is 2.16. The van der Waals surface area contributed by atoms with E-state index in [1.54, 1.807) is 18.5 Å². The highest BCUT2D eigenvalue weighted by Crippen LogP contribution is 2.28. The minimum absolute atomic E-state index is 0.276. The Morgan fingerprint density at radius 2 is 1.89 bits per heavy atom. The molecular formula is C27H28N8O. The van der Waals surface area contributed by atoms with Crippen molar-refractivity contribution in [1.82, 2.24) is 24.8 Å². The topological polar surface area (TPSA) is 99.2 Å². The number of anilines is 4. The van der Waals surface area contributed by atoms with Gasteiger partial charge in [0.2, 0.25) is 11.9 Å². The first-order valence-corrected chi connectivity index (χ1v) is 12.0. The van der Waals surface area contributed by atoms with E-state index in [0.29, 0.717) is 17.3 Å². The minimum Gasteiger partial charge on any atom is -0.354 e. The minimum atomic E-state index is -0.276. The monoisotopic (exact) mass is 480 g/mol. The van der Waals surface area contributed by atoms with E-state index in [-0.39, 0.29) is 5.91 Å². The molecule has 3 aromatic heterocycles. The Hall–Kier alpha value is -4.37. The highest BCUT2D eigenvalue weighted by molar-refractivity contribution is 5.99. The van der Waals surface area contributed by atoms with Crippen LogP contribution < -0.4 is 15.5 Å². The molecule has 0 atom stereocenters. The fourth-order valence-corrected chi connectivity index (χ4v) is 4.24. The molecule has 0 radical (unpaired) electrons. The fourth-order valence-electron chi connectivity index (χ4n) is 4.24. The molecule has 1 fully saturated rings. The predicted octanol–water partition coefficient (Wildman–Crippen LogP) is 4.10. The average Bonchev–Trinajstić information content (AvgIpc) is 2.93. The molecule has 9 heteroatoms. The SMILES string of the molecule is C=CC(=O)Nc1ccnc(-c2cccc3cnc(Nc4ccc(N5CCN(CC)CC5)nc4)nc23)c1. The van der Waals surface area contributed by atoms with Crippen molar-refractivity contribution in [3.05, 3.63) is 73.7 Å². The summed E-state index contributed by atoms with van der Waals surface area (Å²) in [6.45, 7) is 10.9. The second-order valence-electron chi connectivity index (χ2n) is 8.51. The Morgan fingerprint density at radius 3 is 2.64 bits per heavy atom. The molecule has 0 saturated carbocycles. The number of likely N-dealkylation sites (N-methyl/N-ethyl adjacent to an activating group) is 1. The summed E-state index contributed by atoms with van der Waals surface area (Å²) in [5.41, 5.74) is 3.74. The number of para-hydroxylation sites is 1. The second kappa shape index (κ2) is 10.5. The van der Waals surface area contributed by atoms with Crippen molar-refractivity contribution in [2.75, 3.05) is 48.3 Å². The Balaban J connectivity index is 1.37. The molecule has 0 aliphatic carbocycles. The van der Waals surface area contributed by atoms with Crippen LogP contribution in [0.3, 0.4) is 0 Å². The summed E-state index contributed by atoms with van der Waals surface area (Å²) in [5.74, 6) is 1.17. The molecule has 4 heterocycles. The van der Waals surface area contributed by atoms with Crippen LogP contribution in [0.4, 0.5) is 23.1 Å².